The highest BCUT2D eigenvalue weighted by molar-refractivity contribution is 5.49. The first-order chi connectivity index (χ1) is 9.00. The van der Waals surface area contributed by atoms with Gasteiger partial charge in [-0.1, -0.05) is 13.8 Å². The molecule has 1 saturated carbocycles. The van der Waals surface area contributed by atoms with Crippen LogP contribution in [0.25, 0.3) is 0 Å². The molecule has 106 valence electrons. The fourth-order valence-corrected chi connectivity index (χ4v) is 2.46. The topological polar surface area (TPSA) is 76.2 Å². The number of ether oxygens (including phenoxy) is 2. The number of aromatic amines is 1. The molecule has 0 bridgehead atoms. The lowest BCUT2D eigenvalue weighted by molar-refractivity contribution is -0.0977. The van der Waals surface area contributed by atoms with Gasteiger partial charge in [0.05, 0.1) is 19.5 Å². The van der Waals surface area contributed by atoms with Gasteiger partial charge in [0.25, 0.3) is 5.56 Å². The fourth-order valence-electron chi connectivity index (χ4n) is 2.46. The third kappa shape index (κ3) is 2.45. The Morgan fingerprint density at radius 2 is 2.32 bits per heavy atom. The van der Waals surface area contributed by atoms with E-state index in [-0.39, 0.29) is 28.9 Å². The number of aromatic nitrogens is 2. The number of rotatable bonds is 5. The van der Waals surface area contributed by atoms with Crippen molar-refractivity contribution < 1.29 is 9.47 Å². The summed E-state index contributed by atoms with van der Waals surface area (Å²) >= 11 is 0. The Kier molecular flexibility index (Phi) is 3.80. The van der Waals surface area contributed by atoms with E-state index < -0.39 is 0 Å². The quantitative estimate of drug-likeness (QED) is 0.843. The van der Waals surface area contributed by atoms with Crippen molar-refractivity contribution in [3.05, 3.63) is 16.7 Å². The Bertz CT molecular complexity index is 498. The number of hydrogen-bond acceptors (Lipinski definition) is 5. The smallest absolute Gasteiger partial charge is 0.295 e. The third-order valence-electron chi connectivity index (χ3n) is 3.87. The van der Waals surface area contributed by atoms with E-state index in [0.29, 0.717) is 12.4 Å². The van der Waals surface area contributed by atoms with Crippen LogP contribution in [0.3, 0.4) is 0 Å². The lowest BCUT2D eigenvalue weighted by Crippen LogP contribution is -2.58. The van der Waals surface area contributed by atoms with Gasteiger partial charge in [0.2, 0.25) is 5.75 Å². The molecular formula is C13H21N3O3. The molecule has 1 aromatic rings. The van der Waals surface area contributed by atoms with E-state index in [2.05, 4.69) is 29.1 Å². The van der Waals surface area contributed by atoms with E-state index in [9.17, 15) is 4.79 Å². The molecule has 6 nitrogen and oxygen atoms in total. The molecular weight excluding hydrogens is 246 g/mol. The number of H-pyrrole nitrogens is 1. The summed E-state index contributed by atoms with van der Waals surface area (Å²) in [7, 11) is 1.46. The Morgan fingerprint density at radius 1 is 1.58 bits per heavy atom. The fraction of sp³-hybridized carbons (Fsp3) is 0.692. The van der Waals surface area contributed by atoms with Gasteiger partial charge >= 0.3 is 0 Å². The van der Waals surface area contributed by atoms with E-state index in [1.54, 1.807) is 0 Å². The summed E-state index contributed by atoms with van der Waals surface area (Å²) in [6.07, 6.45) is 2.51. The molecule has 19 heavy (non-hydrogen) atoms. The average molecular weight is 267 g/mol. The predicted molar refractivity (Wildman–Crippen MR) is 72.6 cm³/mol. The Morgan fingerprint density at radius 3 is 2.89 bits per heavy atom. The molecule has 2 atom stereocenters. The minimum absolute atomic E-state index is 0.00526. The minimum atomic E-state index is -0.279. The maximum atomic E-state index is 11.6. The highest BCUT2D eigenvalue weighted by atomic mass is 16.5. The second kappa shape index (κ2) is 5.21. The second-order valence-electron chi connectivity index (χ2n) is 5.31. The molecule has 1 aliphatic rings. The largest absolute Gasteiger partial charge is 0.489 e. The van der Waals surface area contributed by atoms with Crippen LogP contribution in [0.4, 0.5) is 5.82 Å². The van der Waals surface area contributed by atoms with Crippen LogP contribution in [0.5, 0.6) is 5.75 Å². The molecule has 0 spiro atoms. The van der Waals surface area contributed by atoms with Crippen LogP contribution in [-0.2, 0) is 4.74 Å². The van der Waals surface area contributed by atoms with Crippen LogP contribution in [0.15, 0.2) is 11.1 Å². The van der Waals surface area contributed by atoms with Crippen molar-refractivity contribution in [3.63, 3.8) is 0 Å². The summed E-state index contributed by atoms with van der Waals surface area (Å²) in [5, 5.41) is 3.28. The maximum absolute atomic E-state index is 11.6. The van der Waals surface area contributed by atoms with E-state index in [1.807, 2.05) is 6.92 Å². The molecule has 1 fully saturated rings. The number of nitrogens with one attached hydrogen (secondary N) is 2. The van der Waals surface area contributed by atoms with Crippen LogP contribution in [0.1, 0.15) is 27.2 Å². The molecule has 2 rings (SSSR count). The van der Waals surface area contributed by atoms with Crippen LogP contribution in [0.2, 0.25) is 0 Å². The average Bonchev–Trinajstić information content (AvgIpc) is 2.38. The van der Waals surface area contributed by atoms with E-state index >= 15 is 0 Å². The zero-order valence-corrected chi connectivity index (χ0v) is 11.8. The minimum Gasteiger partial charge on any atom is -0.489 e. The molecule has 0 radical (unpaired) electrons. The molecule has 0 aromatic carbocycles. The van der Waals surface area contributed by atoms with Gasteiger partial charge < -0.3 is 19.8 Å². The summed E-state index contributed by atoms with van der Waals surface area (Å²) in [4.78, 5) is 18.2. The summed E-state index contributed by atoms with van der Waals surface area (Å²) < 4.78 is 10.8. The zero-order valence-electron chi connectivity index (χ0n) is 11.8. The Labute approximate surface area is 112 Å². The summed E-state index contributed by atoms with van der Waals surface area (Å²) in [6.45, 7) is 7.01. The highest BCUT2D eigenvalue weighted by Crippen LogP contribution is 2.44. The van der Waals surface area contributed by atoms with Crippen molar-refractivity contribution in [2.24, 2.45) is 5.41 Å². The molecule has 1 aliphatic carbocycles. The predicted octanol–water partition coefficient (Wildman–Crippen LogP) is 1.39. The van der Waals surface area contributed by atoms with Crippen molar-refractivity contribution >= 4 is 5.82 Å². The van der Waals surface area contributed by atoms with Crippen molar-refractivity contribution in [2.75, 3.05) is 19.0 Å². The van der Waals surface area contributed by atoms with Crippen LogP contribution >= 0.6 is 0 Å². The SMILES string of the molecule is CCOC1CC(Nc2nc[nH]c(=O)c2OC)C1(C)C. The van der Waals surface area contributed by atoms with Gasteiger partial charge in [-0.05, 0) is 13.3 Å². The van der Waals surface area contributed by atoms with Gasteiger partial charge in [-0.15, -0.1) is 0 Å². The van der Waals surface area contributed by atoms with E-state index in [1.165, 1.54) is 13.4 Å². The van der Waals surface area contributed by atoms with Crippen LogP contribution in [-0.4, -0.2) is 35.8 Å². The normalized spacial score (nSPS) is 24.6. The van der Waals surface area contributed by atoms with Gasteiger partial charge in [-0.25, -0.2) is 4.98 Å². The number of hydrogen-bond donors (Lipinski definition) is 2. The molecule has 1 heterocycles. The van der Waals surface area contributed by atoms with Crippen molar-refractivity contribution in [3.8, 4) is 5.75 Å². The molecule has 6 heteroatoms. The van der Waals surface area contributed by atoms with Gasteiger partial charge in [0, 0.05) is 18.1 Å². The summed E-state index contributed by atoms with van der Waals surface area (Å²) in [6, 6.07) is 0.215. The highest BCUT2D eigenvalue weighted by Gasteiger charge is 2.49. The first kappa shape index (κ1) is 13.9. The van der Waals surface area contributed by atoms with Crippen molar-refractivity contribution in [2.45, 2.75) is 39.3 Å². The Balaban J connectivity index is 2.12. The molecule has 0 aliphatic heterocycles. The second-order valence-corrected chi connectivity index (χ2v) is 5.31. The number of methoxy groups -OCH3 is 1. The Hall–Kier alpha value is -1.56. The number of nitrogens with zero attached hydrogens (tertiary/aromatic N) is 1. The number of anilines is 1. The van der Waals surface area contributed by atoms with Crippen molar-refractivity contribution in [1.29, 1.82) is 0 Å². The van der Waals surface area contributed by atoms with Gasteiger partial charge in [-0.3, -0.25) is 4.79 Å². The first-order valence-corrected chi connectivity index (χ1v) is 6.50. The molecule has 0 saturated heterocycles. The molecule has 0 amide bonds. The first-order valence-electron chi connectivity index (χ1n) is 6.50. The lowest BCUT2D eigenvalue weighted by atomic mass is 9.64. The van der Waals surface area contributed by atoms with E-state index in [4.69, 9.17) is 9.47 Å². The van der Waals surface area contributed by atoms with E-state index in [0.717, 1.165) is 6.42 Å². The molecule has 2 N–H and O–H groups in total. The van der Waals surface area contributed by atoms with Crippen LogP contribution < -0.4 is 15.6 Å². The van der Waals surface area contributed by atoms with Gasteiger partial charge in [0.15, 0.2) is 5.82 Å². The zero-order chi connectivity index (χ0) is 14.0. The summed E-state index contributed by atoms with van der Waals surface area (Å²) in [5.74, 6) is 0.706. The van der Waals surface area contributed by atoms with Crippen molar-refractivity contribution in [1.82, 2.24) is 9.97 Å². The monoisotopic (exact) mass is 267 g/mol. The van der Waals surface area contributed by atoms with Gasteiger partial charge in [-0.2, -0.15) is 0 Å². The maximum Gasteiger partial charge on any atom is 0.295 e. The van der Waals surface area contributed by atoms with Gasteiger partial charge in [0.1, 0.15) is 0 Å². The van der Waals surface area contributed by atoms with Crippen LogP contribution in [0, 0.1) is 5.41 Å². The lowest BCUT2D eigenvalue weighted by Gasteiger charge is -2.51. The standard InChI is InChI=1S/C13H21N3O3/c1-5-19-9-6-8(13(9,2)3)16-11-10(18-4)12(17)15-7-14-11/h7-9H,5-6H2,1-4H3,(H2,14,15,16,17). The summed E-state index contributed by atoms with van der Waals surface area (Å²) in [5.41, 5.74) is -0.274. The third-order valence-corrected chi connectivity index (χ3v) is 3.87. The molecule has 1 aromatic heterocycles. The molecule has 2 unspecified atom stereocenters.